The van der Waals surface area contributed by atoms with Gasteiger partial charge in [0.15, 0.2) is 0 Å². The van der Waals surface area contributed by atoms with Crippen molar-refractivity contribution in [2.75, 3.05) is 13.2 Å². The summed E-state index contributed by atoms with van der Waals surface area (Å²) in [5.41, 5.74) is 0.500. The molecular weight excluding hydrogens is 278 g/mol. The fraction of sp³-hybridized carbons (Fsp3) is 0.667. The van der Waals surface area contributed by atoms with Gasteiger partial charge in [-0.2, -0.15) is 0 Å². The van der Waals surface area contributed by atoms with Gasteiger partial charge in [0.05, 0.1) is 18.8 Å². The van der Waals surface area contributed by atoms with Gasteiger partial charge in [-0.25, -0.2) is 9.48 Å². The molecule has 9 heteroatoms. The Bertz CT molecular complexity index is 484. The fourth-order valence-corrected chi connectivity index (χ4v) is 2.04. The van der Waals surface area contributed by atoms with Crippen LogP contribution in [-0.2, 0) is 22.6 Å². The number of hydrogen-bond donors (Lipinski definition) is 3. The molecule has 1 aromatic heterocycles. The van der Waals surface area contributed by atoms with E-state index in [9.17, 15) is 9.59 Å². The summed E-state index contributed by atoms with van der Waals surface area (Å²) in [6.07, 6.45) is 4.73. The van der Waals surface area contributed by atoms with Gasteiger partial charge in [-0.3, -0.25) is 4.79 Å². The number of nitrogens with zero attached hydrogens (tertiary/aromatic N) is 3. The maximum absolute atomic E-state index is 11.6. The lowest BCUT2D eigenvalue weighted by atomic mass is 10.1. The van der Waals surface area contributed by atoms with Gasteiger partial charge in [0, 0.05) is 13.2 Å². The van der Waals surface area contributed by atoms with Crippen LogP contribution < -0.4 is 10.6 Å². The molecule has 116 valence electrons. The van der Waals surface area contributed by atoms with Crippen molar-refractivity contribution in [2.24, 2.45) is 0 Å². The van der Waals surface area contributed by atoms with Gasteiger partial charge in [0.2, 0.25) is 0 Å². The number of amides is 2. The van der Waals surface area contributed by atoms with Gasteiger partial charge in [0.25, 0.3) is 0 Å². The van der Waals surface area contributed by atoms with Gasteiger partial charge in [-0.05, 0) is 19.3 Å². The molecule has 0 saturated carbocycles. The summed E-state index contributed by atoms with van der Waals surface area (Å²) in [5, 5.41) is 21.4. The molecule has 21 heavy (non-hydrogen) atoms. The Morgan fingerprint density at radius 3 is 3.00 bits per heavy atom. The Hall–Kier alpha value is -2.16. The highest BCUT2D eigenvalue weighted by molar-refractivity contribution is 5.73. The maximum Gasteiger partial charge on any atom is 0.325 e. The maximum atomic E-state index is 11.6. The second kappa shape index (κ2) is 7.58. The van der Waals surface area contributed by atoms with Crippen LogP contribution in [0.5, 0.6) is 0 Å². The number of nitrogens with one attached hydrogen (secondary N) is 2. The van der Waals surface area contributed by atoms with Crippen LogP contribution in [-0.4, -0.2) is 51.4 Å². The largest absolute Gasteiger partial charge is 0.480 e. The summed E-state index contributed by atoms with van der Waals surface area (Å²) >= 11 is 0. The molecule has 1 unspecified atom stereocenters. The molecular formula is C12H19N5O4. The van der Waals surface area contributed by atoms with Crippen LogP contribution in [0.25, 0.3) is 0 Å². The van der Waals surface area contributed by atoms with Crippen LogP contribution in [0.4, 0.5) is 4.79 Å². The van der Waals surface area contributed by atoms with Crippen molar-refractivity contribution in [1.82, 2.24) is 25.6 Å². The molecule has 2 rings (SSSR count). The number of rotatable bonds is 6. The average molecular weight is 297 g/mol. The Morgan fingerprint density at radius 1 is 1.43 bits per heavy atom. The molecule has 0 aromatic carbocycles. The third-order valence-electron chi connectivity index (χ3n) is 3.08. The molecule has 0 radical (unpaired) electrons. The Balaban J connectivity index is 1.66. The van der Waals surface area contributed by atoms with E-state index in [4.69, 9.17) is 9.84 Å². The van der Waals surface area contributed by atoms with Gasteiger partial charge in [-0.15, -0.1) is 5.10 Å². The highest BCUT2D eigenvalue weighted by Gasteiger charge is 2.14. The van der Waals surface area contributed by atoms with Crippen molar-refractivity contribution >= 4 is 12.0 Å². The monoisotopic (exact) mass is 297 g/mol. The molecule has 2 amide bonds. The van der Waals surface area contributed by atoms with Crippen molar-refractivity contribution in [3.05, 3.63) is 11.9 Å². The van der Waals surface area contributed by atoms with E-state index in [1.807, 2.05) is 0 Å². The molecule has 1 atom stereocenters. The molecule has 2 heterocycles. The van der Waals surface area contributed by atoms with Crippen LogP contribution in [0.3, 0.4) is 0 Å². The number of carboxylic acids is 1. The molecule has 1 aromatic rings. The van der Waals surface area contributed by atoms with Crippen LogP contribution >= 0.6 is 0 Å². The number of carbonyl (C=O) groups is 2. The predicted molar refractivity (Wildman–Crippen MR) is 71.5 cm³/mol. The van der Waals surface area contributed by atoms with Crippen molar-refractivity contribution in [2.45, 2.75) is 38.5 Å². The average Bonchev–Trinajstić information content (AvgIpc) is 2.91. The second-order valence-corrected chi connectivity index (χ2v) is 4.85. The Morgan fingerprint density at radius 2 is 2.29 bits per heavy atom. The highest BCUT2D eigenvalue weighted by Crippen LogP contribution is 2.11. The minimum atomic E-state index is -0.996. The number of carbonyl (C=O) groups excluding carboxylic acids is 1. The molecule has 0 bridgehead atoms. The number of aromatic nitrogens is 3. The van der Waals surface area contributed by atoms with Crippen molar-refractivity contribution in [1.29, 1.82) is 0 Å². The molecule has 0 aliphatic carbocycles. The summed E-state index contributed by atoms with van der Waals surface area (Å²) in [7, 11) is 0. The normalized spacial score (nSPS) is 18.2. The first-order valence-electron chi connectivity index (χ1n) is 6.87. The zero-order chi connectivity index (χ0) is 15.1. The van der Waals surface area contributed by atoms with Gasteiger partial charge in [0.1, 0.15) is 12.2 Å². The van der Waals surface area contributed by atoms with Gasteiger partial charge in [-0.1, -0.05) is 5.21 Å². The first-order chi connectivity index (χ1) is 10.1. The standard InChI is InChI=1S/C12H19N5O4/c18-11(19)8-17-7-9(15-16-17)5-13-12(20)14-6-10-3-1-2-4-21-10/h7,10H,1-6,8H2,(H,18,19)(H2,13,14,20). The number of aliphatic carboxylic acids is 1. The van der Waals surface area contributed by atoms with E-state index < -0.39 is 5.97 Å². The van der Waals surface area contributed by atoms with Gasteiger partial charge >= 0.3 is 12.0 Å². The predicted octanol–water partition coefficient (Wildman–Crippen LogP) is -0.269. The van der Waals surface area contributed by atoms with Crippen LogP contribution in [0.1, 0.15) is 25.0 Å². The summed E-state index contributed by atoms with van der Waals surface area (Å²) in [6.45, 7) is 1.17. The van der Waals surface area contributed by atoms with E-state index in [1.165, 1.54) is 10.9 Å². The first kappa shape index (κ1) is 15.2. The summed E-state index contributed by atoms with van der Waals surface area (Å²) in [6, 6.07) is -0.308. The number of urea groups is 1. The number of hydrogen-bond acceptors (Lipinski definition) is 5. The van der Waals surface area contributed by atoms with Gasteiger partial charge < -0.3 is 20.5 Å². The highest BCUT2D eigenvalue weighted by atomic mass is 16.5. The topological polar surface area (TPSA) is 118 Å². The second-order valence-electron chi connectivity index (χ2n) is 4.85. The SMILES string of the molecule is O=C(O)Cn1cc(CNC(=O)NCC2CCCCO2)nn1. The minimum absolute atomic E-state index is 0.0842. The lowest BCUT2D eigenvalue weighted by Gasteiger charge is -2.22. The molecule has 0 spiro atoms. The van der Waals surface area contributed by atoms with Crippen molar-refractivity contribution in [3.8, 4) is 0 Å². The molecule has 1 saturated heterocycles. The molecule has 1 aliphatic heterocycles. The van der Waals surface area contributed by atoms with Crippen molar-refractivity contribution in [3.63, 3.8) is 0 Å². The van der Waals surface area contributed by atoms with E-state index in [-0.39, 0.29) is 25.2 Å². The first-order valence-corrected chi connectivity index (χ1v) is 6.87. The molecule has 3 N–H and O–H groups in total. The number of carboxylic acid groups (broad SMARTS) is 1. The van der Waals surface area contributed by atoms with E-state index in [0.29, 0.717) is 12.2 Å². The smallest absolute Gasteiger partial charge is 0.325 e. The minimum Gasteiger partial charge on any atom is -0.480 e. The van der Waals surface area contributed by atoms with E-state index >= 15 is 0 Å². The quantitative estimate of drug-likeness (QED) is 0.665. The van der Waals surface area contributed by atoms with E-state index in [0.717, 1.165) is 25.9 Å². The lowest BCUT2D eigenvalue weighted by Crippen LogP contribution is -2.41. The summed E-state index contributed by atoms with van der Waals surface area (Å²) < 4.78 is 6.71. The molecule has 9 nitrogen and oxygen atoms in total. The third-order valence-corrected chi connectivity index (χ3v) is 3.08. The molecule has 1 fully saturated rings. The van der Waals surface area contributed by atoms with Crippen LogP contribution in [0.2, 0.25) is 0 Å². The zero-order valence-corrected chi connectivity index (χ0v) is 11.6. The number of ether oxygens (including phenoxy) is 1. The van der Waals surface area contributed by atoms with E-state index in [1.54, 1.807) is 0 Å². The van der Waals surface area contributed by atoms with Crippen LogP contribution in [0, 0.1) is 0 Å². The molecule has 1 aliphatic rings. The van der Waals surface area contributed by atoms with Crippen LogP contribution in [0.15, 0.2) is 6.20 Å². The Kier molecular flexibility index (Phi) is 5.50. The lowest BCUT2D eigenvalue weighted by molar-refractivity contribution is -0.137. The van der Waals surface area contributed by atoms with E-state index in [2.05, 4.69) is 20.9 Å². The summed E-state index contributed by atoms with van der Waals surface area (Å²) in [5.74, 6) is -0.996. The van der Waals surface area contributed by atoms with Crippen molar-refractivity contribution < 1.29 is 19.4 Å². The Labute approximate surface area is 121 Å². The zero-order valence-electron chi connectivity index (χ0n) is 11.6. The third kappa shape index (κ3) is 5.38. The summed E-state index contributed by atoms with van der Waals surface area (Å²) in [4.78, 5) is 22.1. The fourth-order valence-electron chi connectivity index (χ4n) is 2.04.